The summed E-state index contributed by atoms with van der Waals surface area (Å²) < 4.78 is 2.36. The summed E-state index contributed by atoms with van der Waals surface area (Å²) in [4.78, 5) is 0. The van der Waals surface area contributed by atoms with Crippen molar-refractivity contribution in [2.75, 3.05) is 5.32 Å². The van der Waals surface area contributed by atoms with E-state index in [2.05, 4.69) is 198 Å². The molecule has 0 amide bonds. The van der Waals surface area contributed by atoms with Gasteiger partial charge in [0.25, 0.3) is 0 Å². The van der Waals surface area contributed by atoms with Crippen LogP contribution in [0.15, 0.2) is 188 Å². The van der Waals surface area contributed by atoms with Gasteiger partial charge in [-0.25, -0.2) is 0 Å². The summed E-state index contributed by atoms with van der Waals surface area (Å²) in [7, 11) is 0. The minimum atomic E-state index is 1.06. The van der Waals surface area contributed by atoms with E-state index in [9.17, 15) is 0 Å². The van der Waals surface area contributed by atoms with Crippen LogP contribution in [0.4, 0.5) is 11.4 Å². The lowest BCUT2D eigenvalue weighted by Crippen LogP contribution is -1.95. The van der Waals surface area contributed by atoms with E-state index < -0.39 is 0 Å². The molecule has 0 saturated carbocycles. The first-order chi connectivity index (χ1) is 23.8. The maximum Gasteiger partial charge on any atom is 0.0541 e. The van der Waals surface area contributed by atoms with E-state index in [1.807, 2.05) is 0 Å². The van der Waals surface area contributed by atoms with Crippen LogP contribution in [0.3, 0.4) is 0 Å². The van der Waals surface area contributed by atoms with E-state index >= 15 is 0 Å². The van der Waals surface area contributed by atoms with Gasteiger partial charge in [0.15, 0.2) is 0 Å². The average Bonchev–Trinajstić information content (AvgIpc) is 3.49. The summed E-state index contributed by atoms with van der Waals surface area (Å²) in [6.45, 7) is 0. The molecule has 0 aliphatic heterocycles. The number of para-hydroxylation sites is 2. The Labute approximate surface area is 280 Å². The first-order valence-corrected chi connectivity index (χ1v) is 16.4. The molecule has 0 fully saturated rings. The number of rotatable bonds is 6. The first-order valence-electron chi connectivity index (χ1n) is 16.4. The third-order valence-electron chi connectivity index (χ3n) is 9.37. The van der Waals surface area contributed by atoms with Crippen molar-refractivity contribution in [3.8, 4) is 39.1 Å². The van der Waals surface area contributed by atoms with Crippen molar-refractivity contribution in [3.05, 3.63) is 188 Å². The van der Waals surface area contributed by atoms with Crippen molar-refractivity contribution in [2.45, 2.75) is 0 Å². The van der Waals surface area contributed by atoms with Crippen LogP contribution in [-0.2, 0) is 0 Å². The zero-order chi connectivity index (χ0) is 31.9. The molecule has 9 aromatic rings. The predicted molar refractivity (Wildman–Crippen MR) is 204 cm³/mol. The van der Waals surface area contributed by atoms with Crippen molar-refractivity contribution < 1.29 is 0 Å². The van der Waals surface area contributed by atoms with Gasteiger partial charge in [-0.2, -0.15) is 0 Å². The van der Waals surface area contributed by atoms with E-state index in [0.29, 0.717) is 0 Å². The second-order valence-corrected chi connectivity index (χ2v) is 12.3. The highest BCUT2D eigenvalue weighted by Gasteiger charge is 2.14. The van der Waals surface area contributed by atoms with Gasteiger partial charge in [-0.1, -0.05) is 127 Å². The third-order valence-corrected chi connectivity index (χ3v) is 9.37. The van der Waals surface area contributed by atoms with Gasteiger partial charge in [-0.05, 0) is 99.3 Å². The molecule has 1 N–H and O–H groups in total. The van der Waals surface area contributed by atoms with Crippen molar-refractivity contribution in [2.24, 2.45) is 0 Å². The predicted octanol–water partition coefficient (Wildman–Crippen LogP) is 12.7. The Kier molecular flexibility index (Phi) is 6.84. The van der Waals surface area contributed by atoms with Crippen molar-refractivity contribution in [3.63, 3.8) is 0 Å². The molecule has 2 nitrogen and oxygen atoms in total. The van der Waals surface area contributed by atoms with E-state index in [0.717, 1.165) is 11.4 Å². The number of nitrogens with zero attached hydrogens (tertiary/aromatic N) is 1. The van der Waals surface area contributed by atoms with Gasteiger partial charge in [-0.3, -0.25) is 0 Å². The average molecular weight is 613 g/mol. The molecule has 0 atom stereocenters. The third kappa shape index (κ3) is 5.01. The molecule has 0 bridgehead atoms. The molecule has 48 heavy (non-hydrogen) atoms. The number of hydrogen-bond acceptors (Lipinski definition) is 1. The van der Waals surface area contributed by atoms with Gasteiger partial charge in [-0.15, -0.1) is 0 Å². The minimum absolute atomic E-state index is 1.06. The van der Waals surface area contributed by atoms with Crippen LogP contribution in [-0.4, -0.2) is 4.57 Å². The fourth-order valence-corrected chi connectivity index (χ4v) is 6.97. The van der Waals surface area contributed by atoms with Crippen LogP contribution in [0.1, 0.15) is 0 Å². The summed E-state index contributed by atoms with van der Waals surface area (Å²) >= 11 is 0. The molecular weight excluding hydrogens is 581 g/mol. The topological polar surface area (TPSA) is 17.0 Å². The Morgan fingerprint density at radius 1 is 0.354 bits per heavy atom. The molecule has 8 aromatic carbocycles. The fourth-order valence-electron chi connectivity index (χ4n) is 6.97. The minimum Gasteiger partial charge on any atom is -0.355 e. The summed E-state index contributed by atoms with van der Waals surface area (Å²) in [6.07, 6.45) is 0. The molecule has 9 rings (SSSR count). The summed E-state index contributed by atoms with van der Waals surface area (Å²) in [6, 6.07) is 67.5. The number of benzene rings is 8. The van der Waals surface area contributed by atoms with Crippen molar-refractivity contribution >= 4 is 44.0 Å². The van der Waals surface area contributed by atoms with Crippen molar-refractivity contribution in [1.82, 2.24) is 4.57 Å². The van der Waals surface area contributed by atoms with Gasteiger partial charge < -0.3 is 9.88 Å². The summed E-state index contributed by atoms with van der Waals surface area (Å²) in [5, 5.41) is 8.75. The number of fused-ring (bicyclic) bond motifs is 4. The van der Waals surface area contributed by atoms with E-state index in [-0.39, 0.29) is 0 Å². The molecule has 0 spiro atoms. The standard InChI is InChI=1S/C46H32N2/c1-3-12-34(13-4-1)42-30-37(38-24-28-46-43(31-38)41-17-9-10-18-45(41)48(46)40-15-5-2-6-16-40)23-27-44(42)47-39-25-21-33(22-26-39)36-20-19-32-11-7-8-14-35(32)29-36/h1-31,47H. The number of hydrogen-bond donors (Lipinski definition) is 1. The molecule has 0 aliphatic carbocycles. The molecular formula is C46H32N2. The highest BCUT2D eigenvalue weighted by molar-refractivity contribution is 6.10. The smallest absolute Gasteiger partial charge is 0.0541 e. The highest BCUT2D eigenvalue weighted by Crippen LogP contribution is 2.38. The molecule has 2 heteroatoms. The first kappa shape index (κ1) is 27.9. The molecule has 0 aliphatic rings. The zero-order valence-electron chi connectivity index (χ0n) is 26.3. The number of anilines is 2. The van der Waals surface area contributed by atoms with E-state index in [1.54, 1.807) is 0 Å². The quantitative estimate of drug-likeness (QED) is 0.198. The number of nitrogens with one attached hydrogen (secondary N) is 1. The fraction of sp³-hybridized carbons (Fsp3) is 0. The lowest BCUT2D eigenvalue weighted by atomic mass is 9.96. The maximum atomic E-state index is 3.73. The molecule has 1 aromatic heterocycles. The summed E-state index contributed by atoms with van der Waals surface area (Å²) in [5.41, 5.74) is 12.9. The SMILES string of the molecule is c1ccc(-c2cc(-c3ccc4c(c3)c3ccccc3n4-c3ccccc3)ccc2Nc2ccc(-c3ccc4ccccc4c3)cc2)cc1. The van der Waals surface area contributed by atoms with Crippen LogP contribution in [0.5, 0.6) is 0 Å². The Bertz CT molecular complexity index is 2560. The Balaban J connectivity index is 1.09. The van der Waals surface area contributed by atoms with Crippen LogP contribution in [0, 0.1) is 0 Å². The van der Waals surface area contributed by atoms with Gasteiger partial charge in [0.2, 0.25) is 0 Å². The second kappa shape index (κ2) is 11.8. The maximum absolute atomic E-state index is 3.73. The lowest BCUT2D eigenvalue weighted by molar-refractivity contribution is 1.18. The zero-order valence-corrected chi connectivity index (χ0v) is 26.3. The Hall–Kier alpha value is -6.38. The van der Waals surface area contributed by atoms with Crippen LogP contribution in [0.25, 0.3) is 71.6 Å². The van der Waals surface area contributed by atoms with Crippen LogP contribution in [0.2, 0.25) is 0 Å². The van der Waals surface area contributed by atoms with Crippen LogP contribution < -0.4 is 5.32 Å². The molecule has 0 radical (unpaired) electrons. The highest BCUT2D eigenvalue weighted by atomic mass is 15.0. The lowest BCUT2D eigenvalue weighted by Gasteiger charge is -2.15. The van der Waals surface area contributed by atoms with Crippen molar-refractivity contribution in [1.29, 1.82) is 0 Å². The van der Waals surface area contributed by atoms with E-state index in [1.165, 1.54) is 71.6 Å². The largest absolute Gasteiger partial charge is 0.355 e. The van der Waals surface area contributed by atoms with Gasteiger partial charge in [0.1, 0.15) is 0 Å². The second-order valence-electron chi connectivity index (χ2n) is 12.3. The van der Waals surface area contributed by atoms with Gasteiger partial charge in [0.05, 0.1) is 11.0 Å². The molecule has 0 unspecified atom stereocenters. The van der Waals surface area contributed by atoms with Gasteiger partial charge in [0, 0.05) is 33.4 Å². The number of aromatic nitrogens is 1. The Morgan fingerprint density at radius 2 is 0.958 bits per heavy atom. The van der Waals surface area contributed by atoms with E-state index in [4.69, 9.17) is 0 Å². The summed E-state index contributed by atoms with van der Waals surface area (Å²) in [5.74, 6) is 0. The Morgan fingerprint density at radius 3 is 1.79 bits per heavy atom. The van der Waals surface area contributed by atoms with Crippen LogP contribution >= 0.6 is 0 Å². The molecule has 0 saturated heterocycles. The van der Waals surface area contributed by atoms with Gasteiger partial charge >= 0.3 is 0 Å². The monoisotopic (exact) mass is 612 g/mol. The molecule has 1 heterocycles. The molecule has 226 valence electrons. The normalized spacial score (nSPS) is 11.3.